The molecule has 23 nitrogen and oxygen atoms in total. The minimum absolute atomic E-state index is 0. The Kier molecular flexibility index (Phi) is 36.5. The maximum absolute atomic E-state index is 11.7. The SMILES string of the molecule is CC(C)(C)N.CC1C[CH+]C(N)CC1O.Cl.O=CO[O-].[2H]c1nc(Cl)[nH]c(=NC2CCC(C)C(O)C2)c1C(N)=O.[2H]c1nc(Cl)nc(Cl)c1C(N)=O.[2H]c1nc(NC(C)(C)C)[nH]c(=NC2CCC(C)C(O)C2)c1C(N)=O.[H-].[K+].[K+]. The van der Waals surface area contributed by atoms with Crippen molar-refractivity contribution in [2.75, 3.05) is 5.32 Å². The number of halogens is 4. The second-order valence-corrected chi connectivity index (χ2v) is 20.3. The molecule has 3 aromatic rings. The molecule has 0 bridgehead atoms. The number of nitrogens with zero attached hydrogens (tertiary/aromatic N) is 6. The molecule has 408 valence electrons. The standard InChI is InChI=1S/C16H27N5O2.C12H17ClN4O2.C7H14NO.C5H3Cl2N3O.C4H11N.CH2O3.ClH.2K.H/c1-9-5-6-10(7-12(9)22)19-14-11(13(17)23)8-18-15(20-14)21-16(2,3)4;1-6-2-3-7(4-9(6)18)16-11-8(10(14)19)5-15-12(13)17-11;1-5-2-3-6(8)4-7(5)9;6-3-2(4(8)11)1-9-5(7)10-3;1-4(2,3)5;2-1-4-3;;;;/h8-10,12,22H,5-7H2,1-4H3,(H2,17,23)(H2,18,19,20,21);5-7,9,18H,2-4H2,1H3,(H2,14,19)(H,15,16,17);3,5-7,9H,2,4,8H2,1H3;1H,(H2,8,11);5H2,1-3H3;1,3H;1H;;;/q;;+1;;;;;2*+1;-1/p-1/i8D;5D;;1D;;;;;;. The number of carbonyl (C=O) groups is 4. The van der Waals surface area contributed by atoms with Gasteiger partial charge in [-0.15, -0.1) is 12.4 Å². The summed E-state index contributed by atoms with van der Waals surface area (Å²) in [5.41, 5.74) is 26.3. The van der Waals surface area contributed by atoms with Gasteiger partial charge < -0.3 is 65.1 Å². The maximum atomic E-state index is 11.7. The van der Waals surface area contributed by atoms with Crippen LogP contribution in [0.25, 0.3) is 0 Å². The zero-order valence-corrected chi connectivity index (χ0v) is 53.2. The van der Waals surface area contributed by atoms with Crippen LogP contribution >= 0.6 is 47.2 Å². The molecule has 3 amide bonds. The van der Waals surface area contributed by atoms with Crippen molar-refractivity contribution in [1.29, 1.82) is 0 Å². The number of H-pyrrole nitrogens is 2. The largest absolute Gasteiger partial charge is 1.00 e. The third-order valence-corrected chi connectivity index (χ3v) is 10.9. The van der Waals surface area contributed by atoms with Gasteiger partial charge in [-0.05, 0) is 115 Å². The minimum Gasteiger partial charge on any atom is -1.00 e. The first kappa shape index (κ1) is 70.6. The van der Waals surface area contributed by atoms with Gasteiger partial charge >= 0.3 is 103 Å². The van der Waals surface area contributed by atoms with Gasteiger partial charge in [-0.25, -0.2) is 19.9 Å². The van der Waals surface area contributed by atoms with Crippen LogP contribution in [0.4, 0.5) is 5.95 Å². The molecule has 0 spiro atoms. The van der Waals surface area contributed by atoms with Gasteiger partial charge in [0.25, 0.3) is 24.2 Å². The Bertz CT molecular complexity index is 2460. The molecule has 3 aliphatic carbocycles. The van der Waals surface area contributed by atoms with Crippen molar-refractivity contribution in [1.82, 2.24) is 29.9 Å². The molecule has 16 N–H and O–H groups in total. The van der Waals surface area contributed by atoms with E-state index in [9.17, 15) is 29.7 Å². The molecule has 3 heterocycles. The van der Waals surface area contributed by atoms with Gasteiger partial charge in [0.1, 0.15) is 22.2 Å². The van der Waals surface area contributed by atoms with Crippen molar-refractivity contribution in [3.05, 3.63) is 68.3 Å². The first-order valence-corrected chi connectivity index (χ1v) is 23.7. The van der Waals surface area contributed by atoms with Crippen LogP contribution in [0.1, 0.15) is 150 Å². The van der Waals surface area contributed by atoms with Crippen LogP contribution in [0.2, 0.25) is 15.7 Å². The van der Waals surface area contributed by atoms with Crippen LogP contribution in [-0.2, 0) is 9.68 Å². The van der Waals surface area contributed by atoms with E-state index in [0.29, 0.717) is 24.7 Å². The Morgan fingerprint density at radius 1 is 0.797 bits per heavy atom. The summed E-state index contributed by atoms with van der Waals surface area (Å²) in [6, 6.07) is -0.126. The van der Waals surface area contributed by atoms with Gasteiger partial charge in [0.15, 0.2) is 0 Å². The van der Waals surface area contributed by atoms with Crippen molar-refractivity contribution in [3.63, 3.8) is 0 Å². The molecule has 0 saturated heterocycles. The van der Waals surface area contributed by atoms with E-state index in [2.05, 4.69) is 56.5 Å². The summed E-state index contributed by atoms with van der Waals surface area (Å²) < 4.78 is 22.8. The summed E-state index contributed by atoms with van der Waals surface area (Å²) in [6.07, 6.45) is 6.29. The molecule has 0 aliphatic heterocycles. The number of nitrogens with two attached hydrogens (primary N) is 5. The summed E-state index contributed by atoms with van der Waals surface area (Å²) in [7, 11) is 0. The van der Waals surface area contributed by atoms with Crippen LogP contribution in [0, 0.1) is 24.2 Å². The van der Waals surface area contributed by atoms with Gasteiger partial charge in [-0.2, -0.15) is 0 Å². The molecule has 0 radical (unpaired) electrons. The Morgan fingerprint density at radius 2 is 1.20 bits per heavy atom. The predicted molar refractivity (Wildman–Crippen MR) is 276 cm³/mol. The predicted octanol–water partition coefficient (Wildman–Crippen LogP) is -3.31. The number of aromatic nitrogens is 6. The fourth-order valence-electron chi connectivity index (χ4n) is 6.44. The monoisotopic (exact) mass is 1180 g/mol. The quantitative estimate of drug-likeness (QED) is 0.0210. The number of aliphatic hydroxyl groups is 3. The van der Waals surface area contributed by atoms with E-state index >= 15 is 0 Å². The van der Waals surface area contributed by atoms with Gasteiger partial charge in [0, 0.05) is 41.9 Å². The van der Waals surface area contributed by atoms with Gasteiger partial charge in [0.2, 0.25) is 16.5 Å². The number of nitrogens with one attached hydrogen (secondary N) is 3. The molecule has 3 aromatic heterocycles. The molecule has 3 fully saturated rings. The minimum atomic E-state index is -0.846. The fraction of sp³-hybridized carbons (Fsp3) is 0.622. The molecule has 29 heteroatoms. The topological polar surface area (TPSA) is 411 Å². The molecule has 74 heavy (non-hydrogen) atoms. The smallest absolute Gasteiger partial charge is 1.00 e. The summed E-state index contributed by atoms with van der Waals surface area (Å²) >= 11 is 16.6. The Balaban J connectivity index is -0.000000456. The number of anilines is 1. The van der Waals surface area contributed by atoms with Crippen molar-refractivity contribution < 1.29 is 153 Å². The van der Waals surface area contributed by atoms with Crippen LogP contribution in [0.15, 0.2) is 28.5 Å². The molecular weight excluding hydrogens is 1100 g/mol. The normalized spacial score (nSPS) is 23.9. The molecule has 3 aliphatic rings. The zero-order chi connectivity index (χ0) is 57.0. The number of primary amides is 3. The van der Waals surface area contributed by atoms with E-state index in [1.807, 2.05) is 62.3 Å². The van der Waals surface area contributed by atoms with Crippen LogP contribution in [0.3, 0.4) is 0 Å². The van der Waals surface area contributed by atoms with Gasteiger partial charge in [-0.1, -0.05) is 32.4 Å². The number of aliphatic hydroxyl groups excluding tert-OH is 3. The number of amides is 3. The summed E-state index contributed by atoms with van der Waals surface area (Å²) in [5.74, 6) is -1.10. The molecule has 9 atom stereocenters. The fourth-order valence-corrected chi connectivity index (χ4v) is 6.96. The average Bonchev–Trinajstić information content (AvgIpc) is 3.23. The number of aromatic amines is 2. The third kappa shape index (κ3) is 32.5. The van der Waals surface area contributed by atoms with Crippen molar-refractivity contribution >= 4 is 77.4 Å². The third-order valence-electron chi connectivity index (χ3n) is 10.3. The summed E-state index contributed by atoms with van der Waals surface area (Å²) in [4.78, 5) is 74.1. The summed E-state index contributed by atoms with van der Waals surface area (Å²) in [5, 5.41) is 40.3. The van der Waals surface area contributed by atoms with E-state index in [4.69, 9.17) is 77.6 Å². The average molecular weight is 1180 g/mol. The van der Waals surface area contributed by atoms with Crippen molar-refractivity contribution in [2.24, 2.45) is 56.4 Å². The van der Waals surface area contributed by atoms with Gasteiger partial charge in [0.05, 0.1) is 64.0 Å². The Morgan fingerprint density at radius 3 is 1.57 bits per heavy atom. The van der Waals surface area contributed by atoms with E-state index in [0.717, 1.165) is 38.5 Å². The molecule has 6 rings (SSSR count). The Hall–Kier alpha value is -1.42. The van der Waals surface area contributed by atoms with Crippen LogP contribution < -0.4 is 153 Å². The van der Waals surface area contributed by atoms with E-state index in [-0.39, 0.29) is 232 Å². The second kappa shape index (κ2) is 38.2. The number of hydrogen-bond donors (Lipinski definition) is 11. The van der Waals surface area contributed by atoms with Crippen molar-refractivity contribution in [2.45, 2.75) is 161 Å². The van der Waals surface area contributed by atoms with Gasteiger partial charge in [-0.3, -0.25) is 34.9 Å². The molecular formula is C45H75Cl4K2N14O9+. The van der Waals surface area contributed by atoms with E-state index < -0.39 is 29.9 Å². The number of carbonyl (C=O) groups excluding carboxylic acids is 4. The summed E-state index contributed by atoms with van der Waals surface area (Å²) in [6.45, 7) is 17.7. The van der Waals surface area contributed by atoms with E-state index in [1.54, 1.807) is 0 Å². The Labute approximate surface area is 544 Å². The van der Waals surface area contributed by atoms with Crippen LogP contribution in [0.5, 0.6) is 0 Å². The van der Waals surface area contributed by atoms with Crippen molar-refractivity contribution in [3.8, 4) is 0 Å². The maximum Gasteiger partial charge on any atom is 1.00 e. The molecule has 0 aromatic carbocycles. The van der Waals surface area contributed by atoms with Crippen LogP contribution in [-0.4, -0.2) is 117 Å². The second-order valence-electron chi connectivity index (χ2n) is 19.3. The zero-order valence-electron chi connectivity index (χ0n) is 47.9. The molecule has 3 saturated carbocycles. The first-order valence-electron chi connectivity index (χ1n) is 24.0. The molecule has 9 unspecified atom stereocenters. The number of rotatable bonds is 7. The van der Waals surface area contributed by atoms with E-state index in [1.165, 1.54) is 0 Å². The first-order chi connectivity index (χ1) is 34.1. The number of hydrogen-bond acceptors (Lipinski definition) is 18.